The van der Waals surface area contributed by atoms with Gasteiger partial charge in [-0.3, -0.25) is 9.59 Å². The number of ketones is 2. The van der Waals surface area contributed by atoms with E-state index >= 15 is 0 Å². The maximum absolute atomic E-state index is 12.7. The fourth-order valence-corrected chi connectivity index (χ4v) is 4.21. The summed E-state index contributed by atoms with van der Waals surface area (Å²) in [6.07, 6.45) is 1.53. The molecule has 0 radical (unpaired) electrons. The molecule has 0 saturated carbocycles. The standard InChI is InChI=1S/C26H36O3/c1-17(11-13-26(8,9)16-25(6,7)12-10-14-27)15-18(2)22-21(5)23(28)19(3)20(4)24(22)29/h17-18,27H,14-16H2,1-9H3. The monoisotopic (exact) mass is 396 g/mol. The molecule has 0 amide bonds. The normalized spacial score (nSPS) is 17.4. The molecule has 158 valence electrons. The van der Waals surface area contributed by atoms with Gasteiger partial charge in [-0.15, -0.1) is 0 Å². The topological polar surface area (TPSA) is 54.4 Å². The average Bonchev–Trinajstić information content (AvgIpc) is 2.61. The van der Waals surface area contributed by atoms with Crippen LogP contribution in [0, 0.1) is 46.3 Å². The molecule has 3 nitrogen and oxygen atoms in total. The molecule has 2 unspecified atom stereocenters. The van der Waals surface area contributed by atoms with Gasteiger partial charge in [0.05, 0.1) is 0 Å². The van der Waals surface area contributed by atoms with Crippen LogP contribution in [-0.4, -0.2) is 23.3 Å². The molecule has 0 aromatic rings. The van der Waals surface area contributed by atoms with Crippen molar-refractivity contribution in [1.29, 1.82) is 0 Å². The first-order chi connectivity index (χ1) is 13.2. The van der Waals surface area contributed by atoms with E-state index in [2.05, 4.69) is 58.3 Å². The molecule has 0 saturated heterocycles. The van der Waals surface area contributed by atoms with E-state index in [0.29, 0.717) is 22.3 Å². The van der Waals surface area contributed by atoms with Crippen molar-refractivity contribution in [2.75, 3.05) is 6.61 Å². The maximum Gasteiger partial charge on any atom is 0.185 e. The summed E-state index contributed by atoms with van der Waals surface area (Å²) in [5.41, 5.74) is 1.91. The van der Waals surface area contributed by atoms with E-state index in [9.17, 15) is 9.59 Å². The Morgan fingerprint density at radius 1 is 0.862 bits per heavy atom. The predicted octanol–water partition coefficient (Wildman–Crippen LogP) is 4.90. The summed E-state index contributed by atoms with van der Waals surface area (Å²) in [7, 11) is 0. The molecule has 3 heteroatoms. The minimum Gasteiger partial charge on any atom is -0.384 e. The Balaban J connectivity index is 2.92. The molecule has 0 aromatic heterocycles. The van der Waals surface area contributed by atoms with Crippen LogP contribution in [0.5, 0.6) is 0 Å². The molecule has 0 aromatic carbocycles. The predicted molar refractivity (Wildman–Crippen MR) is 119 cm³/mol. The number of hydrogen-bond acceptors (Lipinski definition) is 3. The van der Waals surface area contributed by atoms with Crippen molar-refractivity contribution in [2.24, 2.45) is 22.7 Å². The van der Waals surface area contributed by atoms with Crippen LogP contribution in [0.2, 0.25) is 0 Å². The van der Waals surface area contributed by atoms with E-state index in [4.69, 9.17) is 5.11 Å². The number of carbonyl (C=O) groups is 2. The van der Waals surface area contributed by atoms with Crippen LogP contribution in [0.3, 0.4) is 0 Å². The smallest absolute Gasteiger partial charge is 0.185 e. The van der Waals surface area contributed by atoms with Crippen LogP contribution < -0.4 is 0 Å². The van der Waals surface area contributed by atoms with E-state index in [1.165, 1.54) is 0 Å². The molecule has 1 aliphatic rings. The molecule has 0 fully saturated rings. The highest BCUT2D eigenvalue weighted by atomic mass is 16.2. The lowest BCUT2D eigenvalue weighted by Crippen LogP contribution is -2.25. The van der Waals surface area contributed by atoms with Crippen molar-refractivity contribution in [1.82, 2.24) is 0 Å². The van der Waals surface area contributed by atoms with Gasteiger partial charge < -0.3 is 5.11 Å². The first-order valence-corrected chi connectivity index (χ1v) is 10.3. The molecule has 0 spiro atoms. The summed E-state index contributed by atoms with van der Waals surface area (Å²) in [5, 5.41) is 8.93. The molecule has 1 rings (SSSR count). The number of carbonyl (C=O) groups excluding carboxylic acids is 2. The Hall–Kier alpha value is -2.10. The summed E-state index contributed by atoms with van der Waals surface area (Å²) in [6, 6.07) is 0. The minimum atomic E-state index is -0.226. The molecule has 29 heavy (non-hydrogen) atoms. The highest BCUT2D eigenvalue weighted by Crippen LogP contribution is 2.34. The van der Waals surface area contributed by atoms with E-state index in [1.54, 1.807) is 20.8 Å². The molecule has 1 N–H and O–H groups in total. The van der Waals surface area contributed by atoms with Gasteiger partial charge in [0.1, 0.15) is 6.61 Å². The van der Waals surface area contributed by atoms with Crippen LogP contribution in [-0.2, 0) is 9.59 Å². The lowest BCUT2D eigenvalue weighted by molar-refractivity contribution is -0.116. The number of Topliss-reactive ketones (excluding diaryl/α,β-unsaturated/α-hetero) is 2. The second-order valence-corrected chi connectivity index (χ2v) is 9.66. The zero-order chi connectivity index (χ0) is 22.6. The summed E-state index contributed by atoms with van der Waals surface area (Å²) in [5.74, 6) is 12.7. The molecule has 0 aliphatic heterocycles. The molecular weight excluding hydrogens is 360 g/mol. The highest BCUT2D eigenvalue weighted by molar-refractivity contribution is 6.24. The van der Waals surface area contributed by atoms with Gasteiger partial charge in [-0.25, -0.2) is 0 Å². The third-order valence-electron chi connectivity index (χ3n) is 5.48. The summed E-state index contributed by atoms with van der Waals surface area (Å²) >= 11 is 0. The third kappa shape index (κ3) is 6.73. The lowest BCUT2D eigenvalue weighted by Gasteiger charge is -2.27. The maximum atomic E-state index is 12.7. The highest BCUT2D eigenvalue weighted by Gasteiger charge is 2.31. The van der Waals surface area contributed by atoms with Crippen molar-refractivity contribution in [3.63, 3.8) is 0 Å². The molecule has 0 bridgehead atoms. The average molecular weight is 397 g/mol. The van der Waals surface area contributed by atoms with Gasteiger partial charge in [0.25, 0.3) is 0 Å². The summed E-state index contributed by atoms with van der Waals surface area (Å²) in [6.45, 7) is 17.5. The quantitative estimate of drug-likeness (QED) is 0.531. The van der Waals surface area contributed by atoms with E-state index in [-0.39, 0.29) is 40.8 Å². The Kier molecular flexibility index (Phi) is 8.25. The first kappa shape index (κ1) is 24.9. The third-order valence-corrected chi connectivity index (χ3v) is 5.48. The number of hydrogen-bond donors (Lipinski definition) is 1. The van der Waals surface area contributed by atoms with Gasteiger partial charge in [0.15, 0.2) is 11.6 Å². The Morgan fingerprint density at radius 3 is 1.93 bits per heavy atom. The Labute approximate surface area is 177 Å². The van der Waals surface area contributed by atoms with Crippen molar-refractivity contribution < 1.29 is 14.7 Å². The van der Waals surface area contributed by atoms with Gasteiger partial charge in [-0.05, 0) is 67.2 Å². The fourth-order valence-electron chi connectivity index (χ4n) is 4.21. The van der Waals surface area contributed by atoms with Gasteiger partial charge in [-0.2, -0.15) is 0 Å². The number of rotatable bonds is 5. The lowest BCUT2D eigenvalue weighted by atomic mass is 9.75. The van der Waals surface area contributed by atoms with Gasteiger partial charge >= 0.3 is 0 Å². The van der Waals surface area contributed by atoms with Crippen molar-refractivity contribution in [2.45, 2.75) is 75.2 Å². The number of allylic oxidation sites excluding steroid dienone is 4. The zero-order valence-corrected chi connectivity index (χ0v) is 19.5. The molecule has 2 atom stereocenters. The minimum absolute atomic E-state index is 0.00297. The van der Waals surface area contributed by atoms with E-state index in [0.717, 1.165) is 12.8 Å². The van der Waals surface area contributed by atoms with Crippen molar-refractivity contribution >= 4 is 11.6 Å². The van der Waals surface area contributed by atoms with Gasteiger partial charge in [0, 0.05) is 39.0 Å². The largest absolute Gasteiger partial charge is 0.384 e. The molecular formula is C26H36O3. The van der Waals surface area contributed by atoms with Crippen LogP contribution in [0.25, 0.3) is 0 Å². The number of aliphatic hydroxyl groups is 1. The van der Waals surface area contributed by atoms with Gasteiger partial charge in [0.2, 0.25) is 0 Å². The van der Waals surface area contributed by atoms with Crippen LogP contribution >= 0.6 is 0 Å². The summed E-state index contributed by atoms with van der Waals surface area (Å²) < 4.78 is 0. The Bertz CT molecular complexity index is 857. The van der Waals surface area contributed by atoms with E-state index < -0.39 is 0 Å². The molecule has 1 aliphatic carbocycles. The van der Waals surface area contributed by atoms with Crippen molar-refractivity contribution in [3.05, 3.63) is 22.3 Å². The van der Waals surface area contributed by atoms with Gasteiger partial charge in [-0.1, -0.05) is 37.5 Å². The second kappa shape index (κ2) is 9.60. The molecule has 0 heterocycles. The number of aliphatic hydroxyl groups excluding tert-OH is 1. The van der Waals surface area contributed by atoms with Crippen LogP contribution in [0.15, 0.2) is 22.3 Å². The van der Waals surface area contributed by atoms with Crippen molar-refractivity contribution in [3.8, 4) is 23.7 Å². The zero-order valence-electron chi connectivity index (χ0n) is 19.5. The van der Waals surface area contributed by atoms with Crippen LogP contribution in [0.4, 0.5) is 0 Å². The van der Waals surface area contributed by atoms with E-state index in [1.807, 2.05) is 6.92 Å². The second-order valence-electron chi connectivity index (χ2n) is 9.66. The first-order valence-electron chi connectivity index (χ1n) is 10.3. The van der Waals surface area contributed by atoms with Crippen LogP contribution in [0.1, 0.15) is 75.2 Å². The SMILES string of the molecule is CC1=C(C)C(=O)C(C(C)CC(C)C#CC(C)(C)CC(C)(C)C#CCO)=C(C)C1=O. The Morgan fingerprint density at radius 2 is 1.38 bits per heavy atom. The fraction of sp³-hybridized carbons (Fsp3) is 0.615. The summed E-state index contributed by atoms with van der Waals surface area (Å²) in [4.78, 5) is 25.2.